The van der Waals surface area contributed by atoms with Gasteiger partial charge in [-0.05, 0) is 45.2 Å². The Labute approximate surface area is 98.4 Å². The van der Waals surface area contributed by atoms with Crippen molar-refractivity contribution in [3.8, 4) is 0 Å². The highest BCUT2D eigenvalue weighted by molar-refractivity contribution is 5.57. The number of rotatable bonds is 2. The zero-order valence-corrected chi connectivity index (χ0v) is 10.5. The lowest BCUT2D eigenvalue weighted by Crippen LogP contribution is -2.39. The van der Waals surface area contributed by atoms with Crippen molar-refractivity contribution in [3.63, 3.8) is 0 Å². The minimum absolute atomic E-state index is 0.104. The molecule has 0 aliphatic carbocycles. The smallest absolute Gasteiger partial charge is 0.0418 e. The van der Waals surface area contributed by atoms with E-state index in [1.165, 1.54) is 24.1 Å². The first-order chi connectivity index (χ1) is 7.52. The van der Waals surface area contributed by atoms with Crippen LogP contribution in [0, 0.1) is 0 Å². The second-order valence-electron chi connectivity index (χ2n) is 5.42. The van der Waals surface area contributed by atoms with Gasteiger partial charge in [0, 0.05) is 23.8 Å². The molecule has 0 spiro atoms. The van der Waals surface area contributed by atoms with Crippen LogP contribution in [-0.4, -0.2) is 12.1 Å². The molecule has 1 aromatic rings. The Bertz CT molecular complexity index is 369. The van der Waals surface area contributed by atoms with E-state index in [1.54, 1.807) is 0 Å². The van der Waals surface area contributed by atoms with Gasteiger partial charge in [-0.2, -0.15) is 0 Å². The molecule has 2 nitrogen and oxygen atoms in total. The summed E-state index contributed by atoms with van der Waals surface area (Å²) >= 11 is 0. The van der Waals surface area contributed by atoms with E-state index in [1.807, 2.05) is 0 Å². The Hall–Kier alpha value is -1.02. The molecule has 1 saturated heterocycles. The quantitative estimate of drug-likeness (QED) is 0.826. The van der Waals surface area contributed by atoms with E-state index in [-0.39, 0.29) is 11.6 Å². The molecule has 1 fully saturated rings. The van der Waals surface area contributed by atoms with Gasteiger partial charge in [0.1, 0.15) is 0 Å². The molecule has 88 valence electrons. The molecule has 1 aliphatic rings. The number of para-hydroxylation sites is 1. The zero-order valence-electron chi connectivity index (χ0n) is 10.5. The summed E-state index contributed by atoms with van der Waals surface area (Å²) in [7, 11) is 0. The zero-order chi connectivity index (χ0) is 11.8. The summed E-state index contributed by atoms with van der Waals surface area (Å²) in [6.07, 6.45) is 2.54. The van der Waals surface area contributed by atoms with E-state index in [2.05, 4.69) is 49.9 Å². The molecule has 1 aliphatic heterocycles. The highest BCUT2D eigenvalue weighted by Crippen LogP contribution is 2.36. The molecule has 16 heavy (non-hydrogen) atoms. The van der Waals surface area contributed by atoms with Crippen LogP contribution in [0.5, 0.6) is 0 Å². The first kappa shape index (κ1) is 11.5. The van der Waals surface area contributed by atoms with E-state index < -0.39 is 0 Å². The highest BCUT2D eigenvalue weighted by Gasteiger charge is 2.33. The topological polar surface area (TPSA) is 29.3 Å². The van der Waals surface area contributed by atoms with Gasteiger partial charge in [0.25, 0.3) is 0 Å². The van der Waals surface area contributed by atoms with Crippen LogP contribution in [0.25, 0.3) is 0 Å². The first-order valence-electron chi connectivity index (χ1n) is 6.14. The molecule has 2 rings (SSSR count). The largest absolute Gasteiger partial charge is 0.366 e. The Balaban J connectivity index is 2.40. The maximum atomic E-state index is 6.04. The summed E-state index contributed by atoms with van der Waals surface area (Å²) < 4.78 is 0. The minimum Gasteiger partial charge on any atom is -0.366 e. The third-order valence-electron chi connectivity index (χ3n) is 3.62. The lowest BCUT2D eigenvalue weighted by atomic mass is 9.99. The van der Waals surface area contributed by atoms with Gasteiger partial charge in [-0.15, -0.1) is 0 Å². The van der Waals surface area contributed by atoms with Crippen LogP contribution < -0.4 is 10.6 Å². The predicted molar refractivity (Wildman–Crippen MR) is 69.7 cm³/mol. The second-order valence-corrected chi connectivity index (χ2v) is 5.42. The summed E-state index contributed by atoms with van der Waals surface area (Å²) in [4.78, 5) is 2.51. The van der Waals surface area contributed by atoms with Crippen LogP contribution in [0.15, 0.2) is 24.3 Å². The number of hydrogen-bond donors (Lipinski definition) is 1. The van der Waals surface area contributed by atoms with Crippen molar-refractivity contribution in [2.24, 2.45) is 5.73 Å². The van der Waals surface area contributed by atoms with Gasteiger partial charge in [-0.1, -0.05) is 18.2 Å². The number of hydrogen-bond acceptors (Lipinski definition) is 2. The van der Waals surface area contributed by atoms with Crippen molar-refractivity contribution in [1.82, 2.24) is 0 Å². The minimum atomic E-state index is 0.104. The Morgan fingerprint density at radius 3 is 2.56 bits per heavy atom. The van der Waals surface area contributed by atoms with Gasteiger partial charge in [0.2, 0.25) is 0 Å². The van der Waals surface area contributed by atoms with E-state index in [9.17, 15) is 0 Å². The second kappa shape index (κ2) is 4.10. The summed E-state index contributed by atoms with van der Waals surface area (Å²) in [6.45, 7) is 7.84. The van der Waals surface area contributed by atoms with Gasteiger partial charge in [0.05, 0.1) is 0 Å². The number of anilines is 1. The van der Waals surface area contributed by atoms with Crippen molar-refractivity contribution in [1.29, 1.82) is 0 Å². The van der Waals surface area contributed by atoms with E-state index in [0.717, 1.165) is 6.54 Å². The standard InChI is InChI=1S/C14H22N2/c1-11(15)12-7-4-5-8-13(12)16-10-6-9-14(16,2)3/h4-5,7-8,11H,6,9-10,15H2,1-3H3/t11-/m1/s1. The summed E-state index contributed by atoms with van der Waals surface area (Å²) in [5, 5.41) is 0. The van der Waals surface area contributed by atoms with Crippen LogP contribution in [-0.2, 0) is 0 Å². The molecule has 2 heteroatoms. The van der Waals surface area contributed by atoms with Crippen molar-refractivity contribution in [2.75, 3.05) is 11.4 Å². The number of nitrogens with two attached hydrogens (primary N) is 1. The first-order valence-corrected chi connectivity index (χ1v) is 6.14. The molecule has 0 amide bonds. The molecule has 0 radical (unpaired) electrons. The fraction of sp³-hybridized carbons (Fsp3) is 0.571. The SMILES string of the molecule is C[C@@H](N)c1ccccc1N1CCCC1(C)C. The maximum Gasteiger partial charge on any atom is 0.0418 e. The van der Waals surface area contributed by atoms with E-state index in [4.69, 9.17) is 5.73 Å². The van der Waals surface area contributed by atoms with Gasteiger partial charge in [-0.3, -0.25) is 0 Å². The van der Waals surface area contributed by atoms with E-state index in [0.29, 0.717) is 0 Å². The molecular formula is C14H22N2. The summed E-state index contributed by atoms with van der Waals surface area (Å²) in [6, 6.07) is 8.63. The third kappa shape index (κ3) is 1.94. The lowest BCUT2D eigenvalue weighted by Gasteiger charge is -2.35. The Morgan fingerprint density at radius 2 is 2.00 bits per heavy atom. The van der Waals surface area contributed by atoms with Gasteiger partial charge in [-0.25, -0.2) is 0 Å². The molecule has 2 N–H and O–H groups in total. The lowest BCUT2D eigenvalue weighted by molar-refractivity contribution is 0.516. The number of nitrogens with zero attached hydrogens (tertiary/aromatic N) is 1. The normalized spacial score (nSPS) is 21.1. The summed E-state index contributed by atoms with van der Waals surface area (Å²) in [5.41, 5.74) is 8.89. The average Bonchev–Trinajstić information content (AvgIpc) is 2.58. The molecule has 0 aromatic heterocycles. The van der Waals surface area contributed by atoms with Crippen LogP contribution >= 0.6 is 0 Å². The van der Waals surface area contributed by atoms with Crippen molar-refractivity contribution < 1.29 is 0 Å². The average molecular weight is 218 g/mol. The molecule has 0 saturated carbocycles. The molecule has 1 atom stereocenters. The maximum absolute atomic E-state index is 6.04. The fourth-order valence-corrected chi connectivity index (χ4v) is 2.67. The monoisotopic (exact) mass is 218 g/mol. The third-order valence-corrected chi connectivity index (χ3v) is 3.62. The molecule has 0 unspecified atom stereocenters. The Kier molecular flexibility index (Phi) is 2.94. The predicted octanol–water partition coefficient (Wildman–Crippen LogP) is 3.09. The van der Waals surface area contributed by atoms with Crippen LogP contribution in [0.2, 0.25) is 0 Å². The van der Waals surface area contributed by atoms with Crippen LogP contribution in [0.3, 0.4) is 0 Å². The highest BCUT2D eigenvalue weighted by atomic mass is 15.2. The van der Waals surface area contributed by atoms with Crippen molar-refractivity contribution in [3.05, 3.63) is 29.8 Å². The van der Waals surface area contributed by atoms with Gasteiger partial charge < -0.3 is 10.6 Å². The Morgan fingerprint density at radius 1 is 1.31 bits per heavy atom. The van der Waals surface area contributed by atoms with Crippen molar-refractivity contribution >= 4 is 5.69 Å². The van der Waals surface area contributed by atoms with E-state index >= 15 is 0 Å². The molecule has 1 heterocycles. The fourth-order valence-electron chi connectivity index (χ4n) is 2.67. The van der Waals surface area contributed by atoms with Crippen molar-refractivity contribution in [2.45, 2.75) is 45.2 Å². The number of benzene rings is 1. The molecule has 0 bridgehead atoms. The summed E-state index contributed by atoms with van der Waals surface area (Å²) in [5.74, 6) is 0. The van der Waals surface area contributed by atoms with Gasteiger partial charge in [0.15, 0.2) is 0 Å². The van der Waals surface area contributed by atoms with Crippen LogP contribution in [0.4, 0.5) is 5.69 Å². The molecular weight excluding hydrogens is 196 g/mol. The van der Waals surface area contributed by atoms with Crippen LogP contribution in [0.1, 0.15) is 45.2 Å². The molecule has 1 aromatic carbocycles. The van der Waals surface area contributed by atoms with Gasteiger partial charge >= 0.3 is 0 Å².